The molecule has 8 nitrogen and oxygen atoms in total. The lowest BCUT2D eigenvalue weighted by atomic mass is 10.1. The number of piperidine rings is 1. The van der Waals surface area contributed by atoms with Crippen molar-refractivity contribution in [2.45, 2.75) is 25.8 Å². The maximum absolute atomic E-state index is 12.8. The molecule has 0 aliphatic carbocycles. The van der Waals surface area contributed by atoms with Crippen LogP contribution in [0.5, 0.6) is 0 Å². The quantitative estimate of drug-likeness (QED) is 0.810. The van der Waals surface area contributed by atoms with Gasteiger partial charge in [-0.25, -0.2) is 14.5 Å². The fourth-order valence-electron chi connectivity index (χ4n) is 3.82. The molecule has 0 bridgehead atoms. The summed E-state index contributed by atoms with van der Waals surface area (Å²) in [6, 6.07) is 7.75. The maximum atomic E-state index is 12.8. The minimum Gasteiger partial charge on any atom is -0.335 e. The van der Waals surface area contributed by atoms with Crippen LogP contribution in [-0.4, -0.2) is 80.7 Å². The van der Waals surface area contributed by atoms with Crippen LogP contribution in [0.3, 0.4) is 0 Å². The molecule has 0 N–H and O–H groups in total. The second-order valence-corrected chi connectivity index (χ2v) is 7.40. The molecule has 28 heavy (non-hydrogen) atoms. The summed E-state index contributed by atoms with van der Waals surface area (Å²) in [5.41, 5.74) is 1.75. The monoisotopic (exact) mass is 382 g/mol. The predicted molar refractivity (Wildman–Crippen MR) is 104 cm³/mol. The highest BCUT2D eigenvalue weighted by Crippen LogP contribution is 2.15. The first-order valence-electron chi connectivity index (χ1n) is 9.95. The van der Waals surface area contributed by atoms with Gasteiger partial charge >= 0.3 is 6.03 Å². The summed E-state index contributed by atoms with van der Waals surface area (Å²) < 4.78 is 1.75. The standard InChI is InChI=1S/C20H26N6O2/c27-19(18-6-4-17(5-7-18)14-26-16-21-15-22-26)23-10-12-25(13-11-23)20(28)24-8-2-1-3-9-24/h4-7,15-16H,1-3,8-14H2. The molecule has 2 saturated heterocycles. The molecule has 2 aliphatic rings. The molecule has 2 fully saturated rings. The molecule has 0 spiro atoms. The van der Waals surface area contributed by atoms with Gasteiger partial charge < -0.3 is 14.7 Å². The van der Waals surface area contributed by atoms with E-state index in [1.165, 1.54) is 12.7 Å². The number of aromatic nitrogens is 3. The molecule has 0 saturated carbocycles. The van der Waals surface area contributed by atoms with E-state index in [0.717, 1.165) is 31.5 Å². The number of piperazine rings is 1. The van der Waals surface area contributed by atoms with Crippen LogP contribution < -0.4 is 0 Å². The third-order valence-corrected chi connectivity index (χ3v) is 5.48. The first kappa shape index (κ1) is 18.5. The van der Waals surface area contributed by atoms with Gasteiger partial charge in [0.15, 0.2) is 0 Å². The number of rotatable bonds is 3. The van der Waals surface area contributed by atoms with Gasteiger partial charge in [-0.2, -0.15) is 5.10 Å². The number of hydrogen-bond donors (Lipinski definition) is 0. The Morgan fingerprint density at radius 2 is 1.46 bits per heavy atom. The summed E-state index contributed by atoms with van der Waals surface area (Å²) in [7, 11) is 0. The van der Waals surface area contributed by atoms with Crippen molar-refractivity contribution >= 4 is 11.9 Å². The highest BCUT2D eigenvalue weighted by atomic mass is 16.2. The van der Waals surface area contributed by atoms with Crippen molar-refractivity contribution in [1.29, 1.82) is 0 Å². The van der Waals surface area contributed by atoms with E-state index in [2.05, 4.69) is 10.1 Å². The van der Waals surface area contributed by atoms with Gasteiger partial charge in [-0.3, -0.25) is 4.79 Å². The van der Waals surface area contributed by atoms with Gasteiger partial charge in [-0.05, 0) is 37.0 Å². The van der Waals surface area contributed by atoms with E-state index in [1.807, 2.05) is 39.0 Å². The average molecular weight is 382 g/mol. The van der Waals surface area contributed by atoms with Crippen LogP contribution in [-0.2, 0) is 6.54 Å². The summed E-state index contributed by atoms with van der Waals surface area (Å²) in [5, 5.41) is 4.09. The molecule has 4 rings (SSSR count). The Balaban J connectivity index is 1.30. The maximum Gasteiger partial charge on any atom is 0.320 e. The Morgan fingerprint density at radius 1 is 0.821 bits per heavy atom. The highest BCUT2D eigenvalue weighted by Gasteiger charge is 2.28. The lowest BCUT2D eigenvalue weighted by molar-refractivity contribution is 0.0633. The van der Waals surface area contributed by atoms with E-state index in [1.54, 1.807) is 11.0 Å². The minimum absolute atomic E-state index is 0.0253. The molecule has 1 aromatic carbocycles. The molecule has 2 aromatic rings. The van der Waals surface area contributed by atoms with Crippen molar-refractivity contribution in [3.63, 3.8) is 0 Å². The van der Waals surface area contributed by atoms with Gasteiger partial charge in [0.05, 0.1) is 6.54 Å². The molecular formula is C20H26N6O2. The van der Waals surface area contributed by atoms with Gasteiger partial charge in [-0.1, -0.05) is 12.1 Å². The van der Waals surface area contributed by atoms with Gasteiger partial charge in [-0.15, -0.1) is 0 Å². The number of likely N-dealkylation sites (tertiary alicyclic amines) is 1. The van der Waals surface area contributed by atoms with E-state index in [4.69, 9.17) is 0 Å². The predicted octanol–water partition coefficient (Wildman–Crippen LogP) is 1.69. The van der Waals surface area contributed by atoms with E-state index in [0.29, 0.717) is 38.3 Å². The Bertz CT molecular complexity index is 791. The molecular weight excluding hydrogens is 356 g/mol. The van der Waals surface area contributed by atoms with Crippen molar-refractivity contribution < 1.29 is 9.59 Å². The van der Waals surface area contributed by atoms with E-state index in [9.17, 15) is 9.59 Å². The molecule has 1 aromatic heterocycles. The zero-order valence-electron chi connectivity index (χ0n) is 16.0. The lowest BCUT2D eigenvalue weighted by Crippen LogP contribution is -2.54. The van der Waals surface area contributed by atoms with Crippen molar-refractivity contribution in [2.75, 3.05) is 39.3 Å². The normalized spacial score (nSPS) is 17.6. The minimum atomic E-state index is 0.0253. The summed E-state index contributed by atoms with van der Waals surface area (Å²) in [6.07, 6.45) is 6.58. The number of benzene rings is 1. The first-order chi connectivity index (χ1) is 13.7. The molecule has 0 radical (unpaired) electrons. The third kappa shape index (κ3) is 4.16. The fourth-order valence-corrected chi connectivity index (χ4v) is 3.82. The van der Waals surface area contributed by atoms with Gasteiger partial charge in [0.1, 0.15) is 12.7 Å². The number of urea groups is 1. The second kappa shape index (κ2) is 8.41. The van der Waals surface area contributed by atoms with Crippen LogP contribution in [0.4, 0.5) is 4.79 Å². The Labute approximate surface area is 164 Å². The highest BCUT2D eigenvalue weighted by molar-refractivity contribution is 5.94. The SMILES string of the molecule is O=C(c1ccc(Cn2cncn2)cc1)N1CCN(C(=O)N2CCCCC2)CC1. The fraction of sp³-hybridized carbons (Fsp3) is 0.500. The molecule has 2 aliphatic heterocycles. The summed E-state index contributed by atoms with van der Waals surface area (Å²) in [4.78, 5) is 35.0. The van der Waals surface area contributed by atoms with Crippen molar-refractivity contribution in [3.8, 4) is 0 Å². The lowest BCUT2D eigenvalue weighted by Gasteiger charge is -2.38. The molecule has 3 heterocycles. The number of hydrogen-bond acceptors (Lipinski definition) is 4. The molecule has 8 heteroatoms. The largest absolute Gasteiger partial charge is 0.335 e. The Kier molecular flexibility index (Phi) is 5.55. The number of carbonyl (C=O) groups is 2. The van der Waals surface area contributed by atoms with Crippen LogP contribution in [0, 0.1) is 0 Å². The zero-order chi connectivity index (χ0) is 19.3. The van der Waals surface area contributed by atoms with E-state index < -0.39 is 0 Å². The zero-order valence-corrected chi connectivity index (χ0v) is 16.0. The summed E-state index contributed by atoms with van der Waals surface area (Å²) >= 11 is 0. The molecule has 0 unspecified atom stereocenters. The number of nitrogens with zero attached hydrogens (tertiary/aromatic N) is 6. The molecule has 3 amide bonds. The smallest absolute Gasteiger partial charge is 0.320 e. The topological polar surface area (TPSA) is 74.6 Å². The second-order valence-electron chi connectivity index (χ2n) is 7.40. The van der Waals surface area contributed by atoms with Gasteiger partial charge in [0.2, 0.25) is 0 Å². The molecule has 148 valence electrons. The van der Waals surface area contributed by atoms with Crippen molar-refractivity contribution in [3.05, 3.63) is 48.0 Å². The number of carbonyl (C=O) groups excluding carboxylic acids is 2. The first-order valence-corrected chi connectivity index (χ1v) is 9.95. The van der Waals surface area contributed by atoms with Crippen molar-refractivity contribution in [2.24, 2.45) is 0 Å². The number of amides is 3. The van der Waals surface area contributed by atoms with E-state index >= 15 is 0 Å². The van der Waals surface area contributed by atoms with Crippen LogP contribution >= 0.6 is 0 Å². The van der Waals surface area contributed by atoms with Gasteiger partial charge in [0.25, 0.3) is 5.91 Å². The summed E-state index contributed by atoms with van der Waals surface area (Å²) in [5.74, 6) is 0.0253. The van der Waals surface area contributed by atoms with Crippen LogP contribution in [0.15, 0.2) is 36.9 Å². The van der Waals surface area contributed by atoms with Crippen LogP contribution in [0.1, 0.15) is 35.2 Å². The van der Waals surface area contributed by atoms with E-state index in [-0.39, 0.29) is 11.9 Å². The van der Waals surface area contributed by atoms with Crippen LogP contribution in [0.25, 0.3) is 0 Å². The Morgan fingerprint density at radius 3 is 2.11 bits per heavy atom. The summed E-state index contributed by atoms with van der Waals surface area (Å²) in [6.45, 7) is 4.72. The van der Waals surface area contributed by atoms with Crippen molar-refractivity contribution in [1.82, 2.24) is 29.5 Å². The average Bonchev–Trinajstić information content (AvgIpc) is 3.27. The molecule has 0 atom stereocenters. The Hall–Kier alpha value is -2.90. The van der Waals surface area contributed by atoms with Gasteiger partial charge in [0, 0.05) is 44.8 Å². The van der Waals surface area contributed by atoms with Crippen LogP contribution in [0.2, 0.25) is 0 Å². The third-order valence-electron chi connectivity index (χ3n) is 5.48.